The minimum Gasteiger partial charge on any atom is -0.353 e. The second-order valence-corrected chi connectivity index (χ2v) is 6.31. The van der Waals surface area contributed by atoms with Gasteiger partial charge in [0, 0.05) is 34.1 Å². The fraction of sp³-hybridized carbons (Fsp3) is 0.143. The summed E-state index contributed by atoms with van der Waals surface area (Å²) in [6.07, 6.45) is 2.88. The summed E-state index contributed by atoms with van der Waals surface area (Å²) in [6, 6.07) is 18.1. The van der Waals surface area contributed by atoms with Gasteiger partial charge in [0.15, 0.2) is 0 Å². The van der Waals surface area contributed by atoms with Crippen molar-refractivity contribution < 1.29 is 4.79 Å². The van der Waals surface area contributed by atoms with E-state index in [1.54, 1.807) is 0 Å². The maximum absolute atomic E-state index is 12.2. The van der Waals surface area contributed by atoms with E-state index in [-0.39, 0.29) is 5.91 Å². The Bertz CT molecular complexity index is 1070. The number of carbonyl (C=O) groups excluding carboxylic acids is 1. The molecule has 0 fully saturated rings. The first-order valence-electron chi connectivity index (χ1n) is 8.41. The Morgan fingerprint density at radius 3 is 2.80 bits per heavy atom. The average Bonchev–Trinajstić information content (AvgIpc) is 2.98. The van der Waals surface area contributed by atoms with Crippen molar-refractivity contribution in [2.45, 2.75) is 19.8 Å². The van der Waals surface area contributed by atoms with Crippen LogP contribution in [-0.4, -0.2) is 15.9 Å². The topological polar surface area (TPSA) is 57.8 Å². The monoisotopic (exact) mass is 329 g/mol. The third kappa shape index (κ3) is 3.24. The zero-order valence-electron chi connectivity index (χ0n) is 14.0. The summed E-state index contributed by atoms with van der Waals surface area (Å²) in [5.41, 5.74) is 5.02. The number of fused-ring (bicyclic) bond motifs is 3. The molecule has 0 bridgehead atoms. The van der Waals surface area contributed by atoms with Gasteiger partial charge < -0.3 is 10.3 Å². The second kappa shape index (κ2) is 6.40. The van der Waals surface area contributed by atoms with Crippen LogP contribution < -0.4 is 5.32 Å². The summed E-state index contributed by atoms with van der Waals surface area (Å²) < 4.78 is 0. The minimum atomic E-state index is 0.00595. The molecule has 0 saturated heterocycles. The molecule has 2 aromatic carbocycles. The lowest BCUT2D eigenvalue weighted by Gasteiger charge is -2.06. The number of aromatic amines is 1. The van der Waals surface area contributed by atoms with E-state index in [1.807, 2.05) is 49.5 Å². The average molecular weight is 329 g/mol. The fourth-order valence-corrected chi connectivity index (χ4v) is 3.12. The highest BCUT2D eigenvalue weighted by Gasteiger charge is 2.08. The van der Waals surface area contributed by atoms with Gasteiger partial charge in [0.25, 0.3) is 0 Å². The number of carbonyl (C=O) groups is 1. The Balaban J connectivity index is 1.49. The molecular formula is C21H19N3O. The van der Waals surface area contributed by atoms with Crippen LogP contribution in [0.4, 0.5) is 5.69 Å². The van der Waals surface area contributed by atoms with Crippen LogP contribution in [0.1, 0.15) is 17.7 Å². The maximum Gasteiger partial charge on any atom is 0.224 e. The molecule has 2 heterocycles. The van der Waals surface area contributed by atoms with Crippen LogP contribution in [0, 0.1) is 6.92 Å². The van der Waals surface area contributed by atoms with Crippen molar-refractivity contribution in [1.29, 1.82) is 0 Å². The van der Waals surface area contributed by atoms with Gasteiger partial charge in [-0.1, -0.05) is 30.3 Å². The van der Waals surface area contributed by atoms with E-state index in [2.05, 4.69) is 33.5 Å². The van der Waals surface area contributed by atoms with Gasteiger partial charge in [0.05, 0.1) is 11.7 Å². The summed E-state index contributed by atoms with van der Waals surface area (Å²) in [7, 11) is 0. The number of hydrogen-bond acceptors (Lipinski definition) is 2. The quantitative estimate of drug-likeness (QED) is 0.575. The number of nitrogens with zero attached hydrogens (tertiary/aromatic N) is 1. The SMILES string of the molecule is Cc1cccc(NC(=O)CCc2cc3c(cn2)[nH]c2ccccc23)c1. The molecule has 0 unspecified atom stereocenters. The molecular weight excluding hydrogens is 310 g/mol. The number of nitrogens with one attached hydrogen (secondary N) is 2. The Labute approximate surface area is 145 Å². The van der Waals surface area contributed by atoms with Gasteiger partial charge in [0.2, 0.25) is 5.91 Å². The van der Waals surface area contributed by atoms with Crippen molar-refractivity contribution in [3.63, 3.8) is 0 Å². The van der Waals surface area contributed by atoms with E-state index >= 15 is 0 Å². The zero-order chi connectivity index (χ0) is 17.2. The zero-order valence-corrected chi connectivity index (χ0v) is 14.0. The molecule has 0 radical (unpaired) electrons. The first kappa shape index (κ1) is 15.4. The minimum absolute atomic E-state index is 0.00595. The molecule has 0 aliphatic rings. The number of amides is 1. The summed E-state index contributed by atoms with van der Waals surface area (Å²) >= 11 is 0. The Morgan fingerprint density at radius 2 is 1.92 bits per heavy atom. The standard InChI is InChI=1S/C21H19N3O/c1-14-5-4-6-16(11-14)23-21(25)10-9-15-12-18-17-7-2-3-8-19(17)24-20(18)13-22-15/h2-8,11-13,24H,9-10H2,1H3,(H,23,25). The van der Waals surface area contributed by atoms with Gasteiger partial charge in [-0.05, 0) is 43.2 Å². The predicted octanol–water partition coefficient (Wildman–Crippen LogP) is 4.60. The van der Waals surface area contributed by atoms with Crippen molar-refractivity contribution in [3.05, 3.63) is 72.1 Å². The van der Waals surface area contributed by atoms with Crippen LogP contribution >= 0.6 is 0 Å². The Hall–Kier alpha value is -3.14. The summed E-state index contributed by atoms with van der Waals surface area (Å²) in [6.45, 7) is 2.01. The Morgan fingerprint density at radius 1 is 1.04 bits per heavy atom. The normalized spacial score (nSPS) is 11.1. The molecule has 0 spiro atoms. The number of hydrogen-bond donors (Lipinski definition) is 2. The van der Waals surface area contributed by atoms with Gasteiger partial charge in [-0.15, -0.1) is 0 Å². The molecule has 0 aliphatic carbocycles. The third-order valence-corrected chi connectivity index (χ3v) is 4.36. The predicted molar refractivity (Wildman–Crippen MR) is 102 cm³/mol. The van der Waals surface area contributed by atoms with Gasteiger partial charge in [-0.25, -0.2) is 0 Å². The highest BCUT2D eigenvalue weighted by atomic mass is 16.1. The van der Waals surface area contributed by atoms with Gasteiger partial charge in [0.1, 0.15) is 0 Å². The van der Waals surface area contributed by atoms with E-state index in [0.717, 1.165) is 33.4 Å². The van der Waals surface area contributed by atoms with Crippen LogP contribution in [0.3, 0.4) is 0 Å². The molecule has 1 amide bonds. The molecule has 2 N–H and O–H groups in total. The van der Waals surface area contributed by atoms with Gasteiger partial charge >= 0.3 is 0 Å². The molecule has 2 aromatic heterocycles. The molecule has 4 heteroatoms. The largest absolute Gasteiger partial charge is 0.353 e. The lowest BCUT2D eigenvalue weighted by atomic mass is 10.1. The number of H-pyrrole nitrogens is 1. The molecule has 0 aliphatic heterocycles. The number of para-hydroxylation sites is 1. The van der Waals surface area contributed by atoms with Crippen LogP contribution in [-0.2, 0) is 11.2 Å². The van der Waals surface area contributed by atoms with Crippen molar-refractivity contribution in [2.24, 2.45) is 0 Å². The van der Waals surface area contributed by atoms with Gasteiger partial charge in [-0.2, -0.15) is 0 Å². The summed E-state index contributed by atoms with van der Waals surface area (Å²) in [5, 5.41) is 5.28. The Kier molecular flexibility index (Phi) is 3.94. The smallest absolute Gasteiger partial charge is 0.224 e. The molecule has 4 nitrogen and oxygen atoms in total. The van der Waals surface area contributed by atoms with E-state index in [4.69, 9.17) is 0 Å². The number of benzene rings is 2. The maximum atomic E-state index is 12.2. The van der Waals surface area contributed by atoms with Crippen LogP contribution in [0.5, 0.6) is 0 Å². The molecule has 4 aromatic rings. The van der Waals surface area contributed by atoms with Gasteiger partial charge in [-0.3, -0.25) is 9.78 Å². The molecule has 124 valence electrons. The number of anilines is 1. The number of aromatic nitrogens is 2. The van der Waals surface area contributed by atoms with E-state index in [0.29, 0.717) is 12.8 Å². The highest BCUT2D eigenvalue weighted by molar-refractivity contribution is 6.07. The van der Waals surface area contributed by atoms with Crippen LogP contribution in [0.15, 0.2) is 60.8 Å². The van der Waals surface area contributed by atoms with E-state index < -0.39 is 0 Å². The summed E-state index contributed by atoms with van der Waals surface area (Å²) in [4.78, 5) is 20.0. The van der Waals surface area contributed by atoms with Crippen molar-refractivity contribution in [1.82, 2.24) is 9.97 Å². The summed E-state index contributed by atoms with van der Waals surface area (Å²) in [5.74, 6) is 0.00595. The first-order valence-corrected chi connectivity index (χ1v) is 8.41. The number of aryl methyl sites for hydroxylation is 2. The second-order valence-electron chi connectivity index (χ2n) is 6.31. The highest BCUT2D eigenvalue weighted by Crippen LogP contribution is 2.25. The number of pyridine rings is 1. The molecule has 0 saturated carbocycles. The van der Waals surface area contributed by atoms with Crippen molar-refractivity contribution in [2.75, 3.05) is 5.32 Å². The van der Waals surface area contributed by atoms with Crippen LogP contribution in [0.25, 0.3) is 21.8 Å². The van der Waals surface area contributed by atoms with E-state index in [9.17, 15) is 4.79 Å². The lowest BCUT2D eigenvalue weighted by Crippen LogP contribution is -2.12. The molecule has 0 atom stereocenters. The van der Waals surface area contributed by atoms with Crippen molar-refractivity contribution in [3.8, 4) is 0 Å². The fourth-order valence-electron chi connectivity index (χ4n) is 3.12. The molecule has 4 rings (SSSR count). The van der Waals surface area contributed by atoms with Crippen LogP contribution in [0.2, 0.25) is 0 Å². The number of rotatable bonds is 4. The van der Waals surface area contributed by atoms with Crippen molar-refractivity contribution >= 4 is 33.4 Å². The molecule has 25 heavy (non-hydrogen) atoms. The van der Waals surface area contributed by atoms with E-state index in [1.165, 1.54) is 5.39 Å². The first-order chi connectivity index (χ1) is 12.2. The third-order valence-electron chi connectivity index (χ3n) is 4.36. The lowest BCUT2D eigenvalue weighted by molar-refractivity contribution is -0.116.